The highest BCUT2D eigenvalue weighted by molar-refractivity contribution is 5.89. The van der Waals surface area contributed by atoms with Crippen molar-refractivity contribution in [2.75, 3.05) is 0 Å². The Morgan fingerprint density at radius 1 is 0.467 bits per heavy atom. The van der Waals surface area contributed by atoms with Gasteiger partial charge in [-0.1, -0.05) is 108 Å². The van der Waals surface area contributed by atoms with E-state index in [1.165, 1.54) is 92.9 Å². The summed E-state index contributed by atoms with van der Waals surface area (Å²) >= 11 is 0. The monoisotopic (exact) mass is 793 g/mol. The van der Waals surface area contributed by atoms with Crippen LogP contribution in [0.3, 0.4) is 0 Å². The zero-order valence-electron chi connectivity index (χ0n) is 36.7. The van der Waals surface area contributed by atoms with E-state index < -0.39 is 0 Å². The predicted octanol–water partition coefficient (Wildman–Crippen LogP) is 14.3. The fraction of sp³-hybridized carbons (Fsp3) is 0.491. The highest BCUT2D eigenvalue weighted by Crippen LogP contribution is 2.87. The molecule has 308 valence electrons. The van der Waals surface area contributed by atoms with E-state index in [2.05, 4.69) is 133 Å². The van der Waals surface area contributed by atoms with Crippen LogP contribution >= 0.6 is 0 Å². The fourth-order valence-electron chi connectivity index (χ4n) is 16.0. The van der Waals surface area contributed by atoms with E-state index in [9.17, 15) is 10.2 Å². The maximum Gasteiger partial charge on any atom is 0.127 e. The van der Waals surface area contributed by atoms with E-state index in [-0.39, 0.29) is 21.7 Å². The zero-order valence-corrected chi connectivity index (χ0v) is 36.7. The van der Waals surface area contributed by atoms with Gasteiger partial charge in [-0.15, -0.1) is 0 Å². The molecule has 0 aliphatic heterocycles. The lowest BCUT2D eigenvalue weighted by molar-refractivity contribution is -0.199. The normalized spacial score (nSPS) is 33.1. The molecule has 4 aromatic carbocycles. The lowest BCUT2D eigenvalue weighted by atomic mass is 9.30. The van der Waals surface area contributed by atoms with Crippen molar-refractivity contribution in [1.82, 2.24) is 4.98 Å². The summed E-state index contributed by atoms with van der Waals surface area (Å²) in [5, 5.41) is 25.3. The van der Waals surface area contributed by atoms with Gasteiger partial charge in [0.05, 0.1) is 11.4 Å². The molecule has 3 nitrogen and oxygen atoms in total. The second kappa shape index (κ2) is 12.4. The number of aromatic nitrogens is 1. The van der Waals surface area contributed by atoms with Crippen LogP contribution in [0.2, 0.25) is 0 Å². The summed E-state index contributed by atoms with van der Waals surface area (Å²) in [6.45, 7) is 13.9. The molecule has 8 aliphatic rings. The third-order valence-electron chi connectivity index (χ3n) is 18.2. The molecule has 0 saturated heterocycles. The summed E-state index contributed by atoms with van der Waals surface area (Å²) in [5.74, 6) is 5.86. The maximum atomic E-state index is 12.7. The van der Waals surface area contributed by atoms with Crippen molar-refractivity contribution in [2.45, 2.75) is 134 Å². The number of hydrogen-bond donors (Lipinski definition) is 2. The molecule has 5 aromatic rings. The summed E-state index contributed by atoms with van der Waals surface area (Å²) < 4.78 is 0. The van der Waals surface area contributed by atoms with Gasteiger partial charge in [0.2, 0.25) is 0 Å². The van der Waals surface area contributed by atoms with Crippen molar-refractivity contribution in [2.24, 2.45) is 40.9 Å². The Balaban J connectivity index is 0.976. The van der Waals surface area contributed by atoms with Crippen molar-refractivity contribution in [3.8, 4) is 56.3 Å². The Morgan fingerprint density at radius 2 is 0.967 bits per heavy atom. The molecule has 0 radical (unpaired) electrons. The molecule has 1 aromatic heterocycles. The van der Waals surface area contributed by atoms with Crippen LogP contribution in [0.15, 0.2) is 91.0 Å². The second-order valence-corrected chi connectivity index (χ2v) is 23.5. The molecule has 8 saturated carbocycles. The average molecular weight is 794 g/mol. The summed E-state index contributed by atoms with van der Waals surface area (Å²) in [6.07, 6.45) is 14.4. The number of hydrogen-bond acceptors (Lipinski definition) is 3. The Labute approximate surface area is 358 Å². The predicted molar refractivity (Wildman–Crippen MR) is 244 cm³/mol. The highest BCUT2D eigenvalue weighted by atomic mass is 16.3. The number of aromatic hydroxyl groups is 2. The van der Waals surface area contributed by atoms with E-state index in [0.29, 0.717) is 16.9 Å². The van der Waals surface area contributed by atoms with Crippen molar-refractivity contribution in [1.29, 1.82) is 0 Å². The van der Waals surface area contributed by atoms with Crippen molar-refractivity contribution >= 4 is 0 Å². The SMILES string of the molecule is CC(C)(C)c1cc(-c2ccccc2-c2cccc(-c3ccccc3-c3cc(C(C)(C)C)cc(C45CC6CC7CC(C4)C75C6)c3O)n2)c(O)c(C23CC4CC(CC(C4)C2)C3)c1. The van der Waals surface area contributed by atoms with E-state index in [4.69, 9.17) is 4.98 Å². The minimum Gasteiger partial charge on any atom is -0.507 e. The molecule has 0 amide bonds. The Hall–Kier alpha value is -4.37. The third kappa shape index (κ3) is 5.10. The quantitative estimate of drug-likeness (QED) is 0.180. The molecule has 8 fully saturated rings. The maximum absolute atomic E-state index is 12.7. The Morgan fingerprint density at radius 3 is 1.47 bits per heavy atom. The van der Waals surface area contributed by atoms with Crippen LogP contribution in [0.1, 0.15) is 134 Å². The minimum atomic E-state index is -0.0669. The summed E-state index contributed by atoms with van der Waals surface area (Å²) in [5.41, 5.74) is 13.3. The van der Waals surface area contributed by atoms with E-state index in [1.807, 2.05) is 0 Å². The van der Waals surface area contributed by atoms with E-state index in [1.54, 1.807) is 0 Å². The first-order chi connectivity index (χ1) is 28.7. The van der Waals surface area contributed by atoms with Crippen molar-refractivity contribution in [3.63, 3.8) is 0 Å². The van der Waals surface area contributed by atoms with Gasteiger partial charge in [-0.05, 0) is 174 Å². The first kappa shape index (κ1) is 37.4. The zero-order chi connectivity index (χ0) is 41.1. The van der Waals surface area contributed by atoms with Crippen LogP contribution < -0.4 is 0 Å². The number of phenols is 2. The molecule has 1 heterocycles. The molecule has 5 unspecified atom stereocenters. The van der Waals surface area contributed by atoms with Gasteiger partial charge in [-0.2, -0.15) is 0 Å². The molecule has 6 bridgehead atoms. The number of nitrogens with zero attached hydrogens (tertiary/aromatic N) is 1. The standard InChI is InChI=1S/C57H63NO2/c1-53(2,3)37-23-45(51(59)47(25-37)55-27-33-18-34(28-55)20-35(19-33)29-55)41-12-7-9-14-43(41)49-16-11-17-50(58-49)44-15-10-8-13-42(44)46-24-38(54(4,5)6)26-48(52(46)60)56-30-36-21-39-22-40(32-56)57(39,56)31-36/h7-17,23-26,33-36,39-40,59-60H,18-22,27-32H2,1-6H3. The largest absolute Gasteiger partial charge is 0.507 e. The van der Waals surface area contributed by atoms with Gasteiger partial charge in [0.15, 0.2) is 0 Å². The number of fused-ring (bicyclic) bond motifs is 1. The topological polar surface area (TPSA) is 53.4 Å². The van der Waals surface area contributed by atoms with Gasteiger partial charge in [0.1, 0.15) is 11.5 Å². The van der Waals surface area contributed by atoms with Crippen LogP contribution in [0.25, 0.3) is 44.8 Å². The van der Waals surface area contributed by atoms with Crippen LogP contribution in [-0.4, -0.2) is 15.2 Å². The molecule has 5 atom stereocenters. The third-order valence-corrected chi connectivity index (χ3v) is 18.2. The molecule has 13 rings (SSSR count). The van der Waals surface area contributed by atoms with Crippen LogP contribution in [0.5, 0.6) is 11.5 Å². The number of pyridine rings is 1. The Kier molecular flexibility index (Phi) is 7.72. The van der Waals surface area contributed by atoms with Gasteiger partial charge in [-0.25, -0.2) is 4.98 Å². The molecular formula is C57H63NO2. The minimum absolute atomic E-state index is 0.0620. The molecular weight excluding hydrogens is 731 g/mol. The summed E-state index contributed by atoms with van der Waals surface area (Å²) in [6, 6.07) is 32.9. The molecule has 60 heavy (non-hydrogen) atoms. The first-order valence-corrected chi connectivity index (χ1v) is 23.6. The van der Waals surface area contributed by atoms with Gasteiger partial charge in [0.25, 0.3) is 0 Å². The molecule has 2 N–H and O–H groups in total. The molecule has 3 heteroatoms. The number of phenolic OH excluding ortho intramolecular Hbond substituents is 2. The van der Waals surface area contributed by atoms with Crippen LogP contribution in [0, 0.1) is 40.9 Å². The number of rotatable bonds is 6. The van der Waals surface area contributed by atoms with Gasteiger partial charge < -0.3 is 10.2 Å². The van der Waals surface area contributed by atoms with Gasteiger partial charge >= 0.3 is 0 Å². The van der Waals surface area contributed by atoms with Gasteiger partial charge in [0, 0.05) is 38.8 Å². The average Bonchev–Trinajstić information content (AvgIpc) is 3.70. The highest BCUT2D eigenvalue weighted by Gasteiger charge is 2.81. The molecule has 1 spiro atoms. The van der Waals surface area contributed by atoms with Crippen molar-refractivity contribution in [3.05, 3.63) is 113 Å². The van der Waals surface area contributed by atoms with E-state index >= 15 is 0 Å². The van der Waals surface area contributed by atoms with Crippen LogP contribution in [0.4, 0.5) is 0 Å². The Bertz CT molecular complexity index is 2570. The van der Waals surface area contributed by atoms with Crippen molar-refractivity contribution < 1.29 is 10.2 Å². The molecule has 8 aliphatic carbocycles. The van der Waals surface area contributed by atoms with E-state index in [0.717, 1.165) is 80.3 Å². The second-order valence-electron chi connectivity index (χ2n) is 23.5. The lowest BCUT2D eigenvalue weighted by Crippen LogP contribution is -2.68. The smallest absolute Gasteiger partial charge is 0.127 e. The van der Waals surface area contributed by atoms with Crippen LogP contribution in [-0.2, 0) is 21.7 Å². The summed E-state index contributed by atoms with van der Waals surface area (Å²) in [7, 11) is 0. The fourth-order valence-corrected chi connectivity index (χ4v) is 16.0. The van der Waals surface area contributed by atoms with Gasteiger partial charge in [-0.3, -0.25) is 0 Å². The first-order valence-electron chi connectivity index (χ1n) is 23.6. The number of benzene rings is 4. The summed E-state index contributed by atoms with van der Waals surface area (Å²) in [4.78, 5) is 5.48. The lowest BCUT2D eigenvalue weighted by Gasteiger charge is -2.73.